The second kappa shape index (κ2) is 9.50. The summed E-state index contributed by atoms with van der Waals surface area (Å²) in [6.45, 7) is 3.60. The van der Waals surface area contributed by atoms with E-state index >= 15 is 0 Å². The van der Waals surface area contributed by atoms with E-state index in [-0.39, 0.29) is 19.6 Å². The summed E-state index contributed by atoms with van der Waals surface area (Å²) < 4.78 is 26.2. The van der Waals surface area contributed by atoms with Gasteiger partial charge in [0.2, 0.25) is 0 Å². The van der Waals surface area contributed by atoms with Crippen LogP contribution in [0.5, 0.6) is 0 Å². The van der Waals surface area contributed by atoms with Gasteiger partial charge in [0.1, 0.15) is 6.10 Å². The van der Waals surface area contributed by atoms with E-state index in [4.69, 9.17) is 18.9 Å². The van der Waals surface area contributed by atoms with Crippen molar-refractivity contribution in [1.29, 1.82) is 0 Å². The molecule has 0 saturated carbocycles. The summed E-state index contributed by atoms with van der Waals surface area (Å²) in [5.74, 6) is -0.545. The van der Waals surface area contributed by atoms with Crippen molar-refractivity contribution < 1.29 is 23.7 Å². The third-order valence-corrected chi connectivity index (χ3v) is 6.91. The van der Waals surface area contributed by atoms with E-state index < -0.39 is 46.9 Å². The van der Waals surface area contributed by atoms with E-state index in [1.807, 2.05) is 67.6 Å². The first kappa shape index (κ1) is 24.2. The zero-order valence-electron chi connectivity index (χ0n) is 20.1. The summed E-state index contributed by atoms with van der Waals surface area (Å²) in [5.41, 5.74) is -1.93. The zero-order valence-corrected chi connectivity index (χ0v) is 20.1. The Morgan fingerprint density at radius 2 is 1.69 bits per heavy atom. The Balaban J connectivity index is 1.66. The van der Waals surface area contributed by atoms with Gasteiger partial charge in [-0.3, -0.25) is 19.1 Å². The first-order valence-corrected chi connectivity index (χ1v) is 11.8. The van der Waals surface area contributed by atoms with E-state index in [9.17, 15) is 14.4 Å². The highest BCUT2D eigenvalue weighted by Crippen LogP contribution is 2.52. The van der Waals surface area contributed by atoms with Crippen molar-refractivity contribution >= 4 is 5.97 Å². The molecule has 188 valence electrons. The van der Waals surface area contributed by atoms with Crippen LogP contribution in [0.1, 0.15) is 25.0 Å². The lowest BCUT2D eigenvalue weighted by atomic mass is 9.84. The molecule has 0 unspecified atom stereocenters. The fourth-order valence-electron chi connectivity index (χ4n) is 5.11. The van der Waals surface area contributed by atoms with Crippen LogP contribution in [-0.2, 0) is 42.5 Å². The van der Waals surface area contributed by atoms with Crippen molar-refractivity contribution in [2.75, 3.05) is 6.61 Å². The topological polar surface area (TPSA) is 109 Å². The lowest BCUT2D eigenvalue weighted by molar-refractivity contribution is -0.303. The second-order valence-corrected chi connectivity index (χ2v) is 9.24. The molecule has 5 rings (SSSR count). The molecule has 2 saturated heterocycles. The number of carbonyl (C=O) groups excluding carboxylic acids is 1. The number of aromatic nitrogens is 2. The number of ether oxygens (including phenoxy) is 4. The van der Waals surface area contributed by atoms with Gasteiger partial charge in [0.05, 0.1) is 19.3 Å². The fourth-order valence-corrected chi connectivity index (χ4v) is 5.11. The smallest absolute Gasteiger partial charge is 0.330 e. The normalized spacial score (nSPS) is 29.1. The molecule has 2 fully saturated rings. The SMILES string of the molecule is CC(=O)O[C@@H]1[C@@H](OCc2ccccc2)[C@]2(CO[C@@H]2C)O[C@@]1(Cc1ccccc1)n1ccc(=O)[nH]c1=O. The van der Waals surface area contributed by atoms with Crippen molar-refractivity contribution in [3.63, 3.8) is 0 Å². The van der Waals surface area contributed by atoms with E-state index in [0.29, 0.717) is 0 Å². The Kier molecular flexibility index (Phi) is 6.38. The van der Waals surface area contributed by atoms with Crippen LogP contribution in [0.4, 0.5) is 0 Å². The van der Waals surface area contributed by atoms with Crippen LogP contribution in [0.3, 0.4) is 0 Å². The minimum atomic E-state index is -1.51. The number of esters is 1. The molecule has 2 aromatic carbocycles. The minimum Gasteiger partial charge on any atom is -0.454 e. The number of aromatic amines is 1. The maximum absolute atomic E-state index is 13.2. The minimum absolute atomic E-state index is 0.178. The van der Waals surface area contributed by atoms with Crippen LogP contribution in [0.15, 0.2) is 82.5 Å². The molecule has 1 N–H and O–H groups in total. The van der Waals surface area contributed by atoms with Gasteiger partial charge in [-0.25, -0.2) is 4.79 Å². The Hall–Kier alpha value is -3.53. The molecular formula is C27H28N2O7. The van der Waals surface area contributed by atoms with Crippen molar-refractivity contribution in [3.05, 3.63) is 105 Å². The van der Waals surface area contributed by atoms with E-state index in [1.165, 1.54) is 23.8 Å². The highest BCUT2D eigenvalue weighted by atomic mass is 16.7. The number of carbonyl (C=O) groups is 1. The molecule has 36 heavy (non-hydrogen) atoms. The molecule has 5 atom stereocenters. The highest BCUT2D eigenvalue weighted by Gasteiger charge is 2.71. The molecular weight excluding hydrogens is 464 g/mol. The number of H-pyrrole nitrogens is 1. The summed E-state index contributed by atoms with van der Waals surface area (Å²) in [4.78, 5) is 39.8. The lowest BCUT2D eigenvalue weighted by Crippen LogP contribution is -2.64. The van der Waals surface area contributed by atoms with Gasteiger partial charge in [-0.05, 0) is 18.1 Å². The third kappa shape index (κ3) is 4.19. The van der Waals surface area contributed by atoms with Crippen molar-refractivity contribution in [1.82, 2.24) is 9.55 Å². The van der Waals surface area contributed by atoms with Gasteiger partial charge in [0, 0.05) is 25.6 Å². The van der Waals surface area contributed by atoms with Gasteiger partial charge in [-0.15, -0.1) is 0 Å². The lowest BCUT2D eigenvalue weighted by Gasteiger charge is -2.47. The molecule has 1 spiro atoms. The number of benzene rings is 2. The fraction of sp³-hybridized carbons (Fsp3) is 0.370. The largest absolute Gasteiger partial charge is 0.454 e. The van der Waals surface area contributed by atoms with E-state index in [1.54, 1.807) is 0 Å². The number of rotatable bonds is 7. The van der Waals surface area contributed by atoms with Crippen LogP contribution in [0.25, 0.3) is 0 Å². The van der Waals surface area contributed by atoms with Crippen molar-refractivity contribution in [2.24, 2.45) is 0 Å². The Morgan fingerprint density at radius 3 is 2.25 bits per heavy atom. The molecule has 0 amide bonds. The molecule has 0 bridgehead atoms. The first-order chi connectivity index (χ1) is 17.3. The highest BCUT2D eigenvalue weighted by molar-refractivity contribution is 5.66. The number of nitrogens with one attached hydrogen (secondary N) is 1. The van der Waals surface area contributed by atoms with Crippen LogP contribution in [-0.4, -0.2) is 46.0 Å². The van der Waals surface area contributed by atoms with Crippen LogP contribution < -0.4 is 11.2 Å². The average molecular weight is 493 g/mol. The van der Waals surface area contributed by atoms with Gasteiger partial charge in [-0.2, -0.15) is 0 Å². The summed E-state index contributed by atoms with van der Waals surface area (Å²) >= 11 is 0. The van der Waals surface area contributed by atoms with E-state index in [0.717, 1.165) is 11.1 Å². The number of hydrogen-bond acceptors (Lipinski definition) is 7. The summed E-state index contributed by atoms with van der Waals surface area (Å²) in [6, 6.07) is 20.3. The van der Waals surface area contributed by atoms with Crippen LogP contribution in [0.2, 0.25) is 0 Å². The number of nitrogens with zero attached hydrogens (tertiary/aromatic N) is 1. The monoisotopic (exact) mass is 492 g/mol. The van der Waals surface area contributed by atoms with Crippen LogP contribution in [0, 0.1) is 0 Å². The first-order valence-electron chi connectivity index (χ1n) is 11.8. The molecule has 0 radical (unpaired) electrons. The maximum atomic E-state index is 13.2. The molecule has 9 nitrogen and oxygen atoms in total. The van der Waals surface area contributed by atoms with Crippen LogP contribution >= 0.6 is 0 Å². The maximum Gasteiger partial charge on any atom is 0.330 e. The molecule has 2 aliphatic rings. The zero-order chi connectivity index (χ0) is 25.3. The number of hydrogen-bond donors (Lipinski definition) is 1. The van der Waals surface area contributed by atoms with Crippen molar-refractivity contribution in [2.45, 2.75) is 56.5 Å². The third-order valence-electron chi connectivity index (χ3n) is 6.91. The second-order valence-electron chi connectivity index (χ2n) is 9.24. The molecule has 0 aliphatic carbocycles. The predicted molar refractivity (Wildman–Crippen MR) is 129 cm³/mol. The molecule has 1 aromatic heterocycles. The standard InChI is InChI=1S/C27H28N2O7/c1-18-26(17-34-18)23(33-16-21-11-7-4-8-12-21)24(35-19(2)30)27(36-26,15-20-9-5-3-6-10-20)29-14-13-22(31)28-25(29)32/h3-14,18,23-24H,15-17H2,1-2H3,(H,28,31,32)/t18-,23-,24-,26-,27-/m1/s1. The summed E-state index contributed by atoms with van der Waals surface area (Å²) in [5, 5.41) is 0. The van der Waals surface area contributed by atoms with Crippen molar-refractivity contribution in [3.8, 4) is 0 Å². The summed E-state index contributed by atoms with van der Waals surface area (Å²) in [7, 11) is 0. The van der Waals surface area contributed by atoms with E-state index in [2.05, 4.69) is 4.98 Å². The van der Waals surface area contributed by atoms with Gasteiger partial charge in [-0.1, -0.05) is 60.7 Å². The molecule has 2 aliphatic heterocycles. The Morgan fingerprint density at radius 1 is 1.03 bits per heavy atom. The predicted octanol–water partition coefficient (Wildman–Crippen LogP) is 2.14. The van der Waals surface area contributed by atoms with Gasteiger partial charge < -0.3 is 18.9 Å². The molecule has 3 heterocycles. The summed E-state index contributed by atoms with van der Waals surface area (Å²) in [6.07, 6.45) is -0.621. The average Bonchev–Trinajstić information content (AvgIpc) is 3.14. The molecule has 3 aromatic rings. The quantitative estimate of drug-likeness (QED) is 0.504. The Labute approximate surface area is 207 Å². The Bertz CT molecular complexity index is 1340. The van der Waals surface area contributed by atoms with Gasteiger partial charge >= 0.3 is 11.7 Å². The van der Waals surface area contributed by atoms with Gasteiger partial charge in [0.25, 0.3) is 5.56 Å². The van der Waals surface area contributed by atoms with Gasteiger partial charge in [0.15, 0.2) is 17.4 Å². The molecule has 9 heteroatoms.